The van der Waals surface area contributed by atoms with Crippen molar-refractivity contribution >= 4 is 5.78 Å². The summed E-state index contributed by atoms with van der Waals surface area (Å²) in [5, 5.41) is 10.6. The molecule has 0 spiro atoms. The Hall–Kier alpha value is -1.61. The molecule has 22 heavy (non-hydrogen) atoms. The van der Waals surface area contributed by atoms with Gasteiger partial charge < -0.3 is 9.84 Å². The Balaban J connectivity index is 2.01. The fourth-order valence-corrected chi connectivity index (χ4v) is 4.00. The summed E-state index contributed by atoms with van der Waals surface area (Å²) in [5.74, 6) is 1.00. The Labute approximate surface area is 132 Å². The molecule has 1 N–H and O–H groups in total. The van der Waals surface area contributed by atoms with Crippen LogP contribution in [0.3, 0.4) is 0 Å². The average Bonchev–Trinajstić information content (AvgIpc) is 2.51. The van der Waals surface area contributed by atoms with Crippen molar-refractivity contribution in [3.63, 3.8) is 0 Å². The number of ketones is 1. The Morgan fingerprint density at radius 1 is 1.27 bits per heavy atom. The predicted molar refractivity (Wildman–Crippen MR) is 85.9 cm³/mol. The lowest BCUT2D eigenvalue weighted by Crippen LogP contribution is -2.56. The summed E-state index contributed by atoms with van der Waals surface area (Å²) in [5.41, 5.74) is 1.13. The molecule has 0 saturated heterocycles. The van der Waals surface area contributed by atoms with Crippen molar-refractivity contribution < 1.29 is 14.6 Å². The maximum atomic E-state index is 12.8. The molecule has 3 aliphatic rings. The zero-order chi connectivity index (χ0) is 16.1. The van der Waals surface area contributed by atoms with Gasteiger partial charge in [-0.05, 0) is 42.9 Å². The van der Waals surface area contributed by atoms with E-state index in [-0.39, 0.29) is 23.5 Å². The number of Topliss-reactive ketones (excluding diaryl/α,β-unsaturated/α-hetero) is 1. The molecule has 1 aromatic carbocycles. The van der Waals surface area contributed by atoms with Crippen molar-refractivity contribution in [1.29, 1.82) is 0 Å². The van der Waals surface area contributed by atoms with Crippen molar-refractivity contribution in [3.8, 4) is 5.75 Å². The van der Waals surface area contributed by atoms with Crippen LogP contribution in [0.15, 0.2) is 35.9 Å². The second-order valence-electron chi connectivity index (χ2n) is 7.03. The zero-order valence-electron chi connectivity index (χ0n) is 13.7. The molecule has 0 aromatic heterocycles. The summed E-state index contributed by atoms with van der Waals surface area (Å²) in [4.78, 5) is 12.8. The molecule has 1 aromatic rings. The molecular weight excluding hydrogens is 276 g/mol. The van der Waals surface area contributed by atoms with Crippen LogP contribution in [0.1, 0.15) is 38.7 Å². The number of aliphatic hydroxyl groups is 1. The molecule has 2 bridgehead atoms. The lowest BCUT2D eigenvalue weighted by molar-refractivity contribution is -0.150. The largest absolute Gasteiger partial charge is 0.497 e. The number of hydrogen-bond acceptors (Lipinski definition) is 3. The number of methoxy groups -OCH3 is 1. The van der Waals surface area contributed by atoms with Crippen molar-refractivity contribution in [2.45, 2.75) is 38.7 Å². The third-order valence-corrected chi connectivity index (χ3v) is 5.38. The van der Waals surface area contributed by atoms with Gasteiger partial charge in [0.05, 0.1) is 7.11 Å². The molecule has 0 aliphatic heterocycles. The van der Waals surface area contributed by atoms with Crippen molar-refractivity contribution in [2.75, 3.05) is 7.11 Å². The third kappa shape index (κ3) is 2.19. The van der Waals surface area contributed by atoms with Gasteiger partial charge in [-0.3, -0.25) is 4.79 Å². The van der Waals surface area contributed by atoms with E-state index < -0.39 is 5.60 Å². The maximum Gasteiger partial charge on any atom is 0.172 e. The summed E-state index contributed by atoms with van der Waals surface area (Å²) < 4.78 is 5.21. The van der Waals surface area contributed by atoms with E-state index in [1.807, 2.05) is 24.3 Å². The Morgan fingerprint density at radius 3 is 2.41 bits per heavy atom. The first-order chi connectivity index (χ1) is 10.4. The number of ether oxygens (including phenoxy) is 1. The second kappa shape index (κ2) is 5.24. The van der Waals surface area contributed by atoms with Gasteiger partial charge in [-0.2, -0.15) is 0 Å². The first kappa shape index (κ1) is 15.3. The van der Waals surface area contributed by atoms with Crippen LogP contribution in [-0.4, -0.2) is 23.6 Å². The summed E-state index contributed by atoms with van der Waals surface area (Å²) in [6.45, 7) is 5.92. The van der Waals surface area contributed by atoms with E-state index in [1.165, 1.54) is 5.57 Å². The molecule has 118 valence electrons. The highest BCUT2D eigenvalue weighted by Gasteiger charge is 2.55. The molecule has 0 amide bonds. The minimum atomic E-state index is -1.22. The van der Waals surface area contributed by atoms with E-state index in [9.17, 15) is 9.90 Å². The summed E-state index contributed by atoms with van der Waals surface area (Å²) in [6, 6.07) is 7.98. The van der Waals surface area contributed by atoms with Crippen LogP contribution in [0.25, 0.3) is 0 Å². The Bertz CT molecular complexity index is 610. The Kier molecular flexibility index (Phi) is 3.64. The van der Waals surface area contributed by atoms with E-state index in [1.54, 1.807) is 14.0 Å². The van der Waals surface area contributed by atoms with Gasteiger partial charge in [-0.1, -0.05) is 37.6 Å². The van der Waals surface area contributed by atoms with Gasteiger partial charge >= 0.3 is 0 Å². The highest BCUT2D eigenvalue weighted by Crippen LogP contribution is 2.53. The molecule has 1 saturated carbocycles. The van der Waals surface area contributed by atoms with E-state index in [0.29, 0.717) is 5.92 Å². The SMILES string of the molecule is COc1ccc([C@H]2C[C@H]3C=C(C(C)C)[C@@H]2C(=O)[C@@]3(C)O)cc1. The van der Waals surface area contributed by atoms with Gasteiger partial charge in [-0.15, -0.1) is 0 Å². The number of allylic oxidation sites excluding steroid dienone is 1. The minimum Gasteiger partial charge on any atom is -0.497 e. The number of carbonyl (C=O) groups excluding carboxylic acids is 1. The normalized spacial score (nSPS) is 34.0. The van der Waals surface area contributed by atoms with Crippen molar-refractivity contribution in [3.05, 3.63) is 41.5 Å². The van der Waals surface area contributed by atoms with Gasteiger partial charge in [0, 0.05) is 11.8 Å². The highest BCUT2D eigenvalue weighted by atomic mass is 16.5. The standard InChI is InChI=1S/C19H24O3/c1-11(2)15-9-13-10-16(17(15)18(20)19(13,3)21)12-5-7-14(22-4)8-6-12/h5-9,11,13,16-17,21H,10H2,1-4H3/t13-,16-,17+,19+/m1/s1. The molecule has 4 atom stereocenters. The summed E-state index contributed by atoms with van der Waals surface area (Å²) in [6.07, 6.45) is 2.97. The van der Waals surface area contributed by atoms with Crippen LogP contribution in [0.5, 0.6) is 5.75 Å². The number of fused-ring (bicyclic) bond motifs is 2. The van der Waals surface area contributed by atoms with Crippen LogP contribution in [-0.2, 0) is 4.79 Å². The zero-order valence-corrected chi connectivity index (χ0v) is 13.7. The number of carbonyl (C=O) groups is 1. The lowest BCUT2D eigenvalue weighted by atomic mass is 9.55. The average molecular weight is 300 g/mol. The van der Waals surface area contributed by atoms with Crippen LogP contribution < -0.4 is 4.74 Å². The fraction of sp³-hybridized carbons (Fsp3) is 0.526. The number of benzene rings is 1. The molecule has 4 rings (SSSR count). The molecule has 0 heterocycles. The van der Waals surface area contributed by atoms with Crippen LogP contribution in [0.4, 0.5) is 0 Å². The van der Waals surface area contributed by atoms with E-state index in [2.05, 4.69) is 19.9 Å². The van der Waals surface area contributed by atoms with E-state index in [0.717, 1.165) is 17.7 Å². The maximum absolute atomic E-state index is 12.8. The molecule has 3 heteroatoms. The van der Waals surface area contributed by atoms with Gasteiger partial charge in [0.25, 0.3) is 0 Å². The quantitative estimate of drug-likeness (QED) is 0.871. The van der Waals surface area contributed by atoms with Crippen LogP contribution in [0.2, 0.25) is 0 Å². The summed E-state index contributed by atoms with van der Waals surface area (Å²) in [7, 11) is 1.65. The summed E-state index contributed by atoms with van der Waals surface area (Å²) >= 11 is 0. The van der Waals surface area contributed by atoms with Gasteiger partial charge in [0.1, 0.15) is 11.4 Å². The molecule has 0 unspecified atom stereocenters. The number of rotatable bonds is 3. The van der Waals surface area contributed by atoms with E-state index in [4.69, 9.17) is 4.74 Å². The van der Waals surface area contributed by atoms with Crippen LogP contribution in [0, 0.1) is 17.8 Å². The first-order valence-electron chi connectivity index (χ1n) is 7.98. The van der Waals surface area contributed by atoms with E-state index >= 15 is 0 Å². The topological polar surface area (TPSA) is 46.5 Å². The molecule has 3 aliphatic carbocycles. The molecule has 3 nitrogen and oxygen atoms in total. The monoisotopic (exact) mass is 300 g/mol. The number of hydrogen-bond donors (Lipinski definition) is 1. The van der Waals surface area contributed by atoms with Crippen molar-refractivity contribution in [1.82, 2.24) is 0 Å². The second-order valence-corrected chi connectivity index (χ2v) is 7.03. The van der Waals surface area contributed by atoms with Gasteiger partial charge in [0.2, 0.25) is 0 Å². The lowest BCUT2D eigenvalue weighted by Gasteiger charge is -2.49. The molecular formula is C19H24O3. The highest BCUT2D eigenvalue weighted by molar-refractivity contribution is 5.95. The minimum absolute atomic E-state index is 0.0178. The fourth-order valence-electron chi connectivity index (χ4n) is 4.00. The van der Waals surface area contributed by atoms with Gasteiger partial charge in [0.15, 0.2) is 5.78 Å². The molecule has 1 fully saturated rings. The third-order valence-electron chi connectivity index (χ3n) is 5.38. The first-order valence-corrected chi connectivity index (χ1v) is 7.98. The molecule has 0 radical (unpaired) electrons. The smallest absolute Gasteiger partial charge is 0.172 e. The van der Waals surface area contributed by atoms with Gasteiger partial charge in [-0.25, -0.2) is 0 Å². The van der Waals surface area contributed by atoms with Crippen molar-refractivity contribution in [2.24, 2.45) is 17.8 Å². The predicted octanol–water partition coefficient (Wildman–Crippen LogP) is 3.33. The Morgan fingerprint density at radius 2 is 1.91 bits per heavy atom. The van der Waals surface area contributed by atoms with Crippen LogP contribution >= 0.6 is 0 Å².